The van der Waals surface area contributed by atoms with E-state index in [2.05, 4.69) is 5.32 Å². The fourth-order valence-electron chi connectivity index (χ4n) is 1.33. The highest BCUT2D eigenvalue weighted by Gasteiger charge is 2.35. The van der Waals surface area contributed by atoms with Gasteiger partial charge in [0.15, 0.2) is 0 Å². The van der Waals surface area contributed by atoms with Crippen LogP contribution >= 0.6 is 11.8 Å². The number of carboxylic acids is 1. The second-order valence-electron chi connectivity index (χ2n) is 5.36. The van der Waals surface area contributed by atoms with E-state index >= 15 is 0 Å². The molecule has 2 amide bonds. The first-order chi connectivity index (χ1) is 7.73. The van der Waals surface area contributed by atoms with Crippen molar-refractivity contribution >= 4 is 23.8 Å². The van der Waals surface area contributed by atoms with E-state index in [0.717, 1.165) is 0 Å². The molecule has 0 radical (unpaired) electrons. The molecule has 1 fully saturated rings. The van der Waals surface area contributed by atoms with Crippen molar-refractivity contribution in [3.05, 3.63) is 0 Å². The lowest BCUT2D eigenvalue weighted by molar-refractivity contribution is -0.140. The van der Waals surface area contributed by atoms with Gasteiger partial charge in [0.05, 0.1) is 5.88 Å². The summed E-state index contributed by atoms with van der Waals surface area (Å²) in [6, 6.07) is -0.993. The molecule has 1 rings (SSSR count). The monoisotopic (exact) mass is 260 g/mol. The van der Waals surface area contributed by atoms with Crippen LogP contribution in [0.1, 0.15) is 27.7 Å². The Labute approximate surface area is 106 Å². The first kappa shape index (κ1) is 14.2. The second kappa shape index (κ2) is 5.16. The lowest BCUT2D eigenvalue weighted by Gasteiger charge is -2.31. The van der Waals surface area contributed by atoms with Crippen molar-refractivity contribution in [2.24, 2.45) is 5.41 Å². The summed E-state index contributed by atoms with van der Waals surface area (Å²) < 4.78 is 0. The van der Waals surface area contributed by atoms with E-state index < -0.39 is 12.0 Å². The van der Waals surface area contributed by atoms with Gasteiger partial charge in [0, 0.05) is 11.8 Å². The number of urea groups is 1. The van der Waals surface area contributed by atoms with Gasteiger partial charge in [0.2, 0.25) is 0 Å². The van der Waals surface area contributed by atoms with Crippen molar-refractivity contribution in [3.8, 4) is 0 Å². The Morgan fingerprint density at radius 2 is 2.06 bits per heavy atom. The van der Waals surface area contributed by atoms with Gasteiger partial charge in [-0.25, -0.2) is 9.59 Å². The molecule has 1 heterocycles. The quantitative estimate of drug-likeness (QED) is 0.791. The second-order valence-corrected chi connectivity index (χ2v) is 6.36. The molecule has 1 saturated heterocycles. The first-order valence-corrected chi connectivity index (χ1v) is 6.76. The minimum atomic E-state index is -0.937. The van der Waals surface area contributed by atoms with Crippen LogP contribution < -0.4 is 5.32 Å². The predicted molar refractivity (Wildman–Crippen MR) is 68.0 cm³/mol. The van der Waals surface area contributed by atoms with E-state index in [1.807, 2.05) is 27.7 Å². The molecule has 0 aliphatic carbocycles. The number of aliphatic carboxylic acids is 1. The molecule has 0 aromatic rings. The number of thioether (sulfide) groups is 1. The number of nitrogens with zero attached hydrogens (tertiary/aromatic N) is 1. The Morgan fingerprint density at radius 1 is 1.47 bits per heavy atom. The average Bonchev–Trinajstić information content (AvgIpc) is 2.63. The summed E-state index contributed by atoms with van der Waals surface area (Å²) in [5, 5.41) is 11.8. The topological polar surface area (TPSA) is 69.6 Å². The number of carboxylic acid groups (broad SMARTS) is 1. The van der Waals surface area contributed by atoms with Crippen LogP contribution in [-0.4, -0.2) is 45.7 Å². The largest absolute Gasteiger partial charge is 0.480 e. The van der Waals surface area contributed by atoms with E-state index in [-0.39, 0.29) is 17.5 Å². The molecule has 98 valence electrons. The number of hydrogen-bond donors (Lipinski definition) is 2. The lowest BCUT2D eigenvalue weighted by atomic mass is 9.88. The summed E-state index contributed by atoms with van der Waals surface area (Å²) >= 11 is 1.47. The van der Waals surface area contributed by atoms with Gasteiger partial charge in [0.25, 0.3) is 0 Å². The van der Waals surface area contributed by atoms with Crippen LogP contribution in [0.2, 0.25) is 0 Å². The Kier molecular flexibility index (Phi) is 4.30. The summed E-state index contributed by atoms with van der Waals surface area (Å²) in [6.07, 6.45) is 0. The summed E-state index contributed by atoms with van der Waals surface area (Å²) in [4.78, 5) is 24.3. The van der Waals surface area contributed by atoms with Crippen molar-refractivity contribution < 1.29 is 14.7 Å². The molecular weight excluding hydrogens is 240 g/mol. The number of nitrogens with one attached hydrogen (secondary N) is 1. The lowest BCUT2D eigenvalue weighted by Crippen LogP contribution is -2.51. The molecule has 1 aliphatic heterocycles. The zero-order valence-electron chi connectivity index (χ0n) is 10.7. The van der Waals surface area contributed by atoms with E-state index in [1.165, 1.54) is 16.7 Å². The van der Waals surface area contributed by atoms with Gasteiger partial charge in [-0.2, -0.15) is 0 Å². The fraction of sp³-hybridized carbons (Fsp3) is 0.818. The zero-order chi connectivity index (χ0) is 13.2. The smallest absolute Gasteiger partial charge is 0.327 e. The van der Waals surface area contributed by atoms with Gasteiger partial charge >= 0.3 is 12.0 Å². The standard InChI is InChI=1S/C11H20N2O3S/c1-7(11(2,3)4)12-10(16)13-6-17-5-8(13)9(14)15/h7-8H,5-6H2,1-4H3,(H,12,16)(H,14,15). The third-order valence-corrected chi connectivity index (χ3v) is 4.08. The van der Waals surface area contributed by atoms with Crippen molar-refractivity contribution in [2.45, 2.75) is 39.8 Å². The highest BCUT2D eigenvalue weighted by atomic mass is 32.2. The third kappa shape index (κ3) is 3.52. The molecule has 2 unspecified atom stereocenters. The minimum Gasteiger partial charge on any atom is -0.480 e. The van der Waals surface area contributed by atoms with Gasteiger partial charge in [-0.15, -0.1) is 11.8 Å². The number of rotatable bonds is 2. The molecule has 0 saturated carbocycles. The highest BCUT2D eigenvalue weighted by molar-refractivity contribution is 7.99. The van der Waals surface area contributed by atoms with Gasteiger partial charge in [-0.1, -0.05) is 20.8 Å². The average molecular weight is 260 g/mol. The molecule has 17 heavy (non-hydrogen) atoms. The maximum Gasteiger partial charge on any atom is 0.327 e. The van der Waals surface area contributed by atoms with Crippen LogP contribution in [0.3, 0.4) is 0 Å². The maximum atomic E-state index is 12.0. The molecule has 2 N–H and O–H groups in total. The maximum absolute atomic E-state index is 12.0. The fourth-order valence-corrected chi connectivity index (χ4v) is 2.48. The SMILES string of the molecule is CC(NC(=O)N1CSCC1C(=O)O)C(C)(C)C. The van der Waals surface area contributed by atoms with Crippen molar-refractivity contribution in [1.82, 2.24) is 10.2 Å². The van der Waals surface area contributed by atoms with Crippen LogP contribution in [0.25, 0.3) is 0 Å². The van der Waals surface area contributed by atoms with E-state index in [9.17, 15) is 9.59 Å². The Balaban J connectivity index is 2.61. The van der Waals surface area contributed by atoms with Gasteiger partial charge in [-0.3, -0.25) is 0 Å². The van der Waals surface area contributed by atoms with Crippen molar-refractivity contribution in [1.29, 1.82) is 0 Å². The van der Waals surface area contributed by atoms with Crippen molar-refractivity contribution in [2.75, 3.05) is 11.6 Å². The zero-order valence-corrected chi connectivity index (χ0v) is 11.5. The molecule has 0 spiro atoms. The summed E-state index contributed by atoms with van der Waals surface area (Å²) in [5.74, 6) is -0.0275. The van der Waals surface area contributed by atoms with E-state index in [0.29, 0.717) is 11.6 Å². The van der Waals surface area contributed by atoms with Crippen LogP contribution in [0, 0.1) is 5.41 Å². The molecule has 6 heteroatoms. The predicted octanol–water partition coefficient (Wildman–Crippen LogP) is 1.59. The molecule has 0 bridgehead atoms. The summed E-state index contributed by atoms with van der Waals surface area (Å²) in [5.41, 5.74) is -0.0404. The van der Waals surface area contributed by atoms with Gasteiger partial charge in [-0.05, 0) is 12.3 Å². The Morgan fingerprint density at radius 3 is 2.53 bits per heavy atom. The van der Waals surface area contributed by atoms with Crippen LogP contribution in [0.5, 0.6) is 0 Å². The summed E-state index contributed by atoms with van der Waals surface area (Å²) in [6.45, 7) is 8.03. The third-order valence-electron chi connectivity index (χ3n) is 3.07. The first-order valence-electron chi connectivity index (χ1n) is 5.61. The Bertz CT molecular complexity index is 314. The molecule has 5 nitrogen and oxygen atoms in total. The van der Waals surface area contributed by atoms with Crippen molar-refractivity contribution in [3.63, 3.8) is 0 Å². The van der Waals surface area contributed by atoms with E-state index in [1.54, 1.807) is 0 Å². The molecular formula is C11H20N2O3S. The van der Waals surface area contributed by atoms with Crippen LogP contribution in [0.15, 0.2) is 0 Å². The number of amides is 2. The summed E-state index contributed by atoms with van der Waals surface area (Å²) in [7, 11) is 0. The number of hydrogen-bond acceptors (Lipinski definition) is 3. The normalized spacial score (nSPS) is 22.4. The van der Waals surface area contributed by atoms with Gasteiger partial charge in [0.1, 0.15) is 6.04 Å². The molecule has 2 atom stereocenters. The molecule has 1 aliphatic rings. The molecule has 0 aromatic heterocycles. The van der Waals surface area contributed by atoms with Crippen LogP contribution in [0.4, 0.5) is 4.79 Å². The highest BCUT2D eigenvalue weighted by Crippen LogP contribution is 2.23. The van der Waals surface area contributed by atoms with Gasteiger partial charge < -0.3 is 15.3 Å². The number of carbonyl (C=O) groups excluding carboxylic acids is 1. The Hall–Kier alpha value is -0.910. The van der Waals surface area contributed by atoms with Crippen LogP contribution in [-0.2, 0) is 4.79 Å². The number of carbonyl (C=O) groups is 2. The molecule has 0 aromatic carbocycles. The minimum absolute atomic E-state index is 0.00459. The van der Waals surface area contributed by atoms with E-state index in [4.69, 9.17) is 5.11 Å².